The molecule has 0 aliphatic carbocycles. The van der Waals surface area contributed by atoms with Gasteiger partial charge in [0.1, 0.15) is 18.2 Å². The Morgan fingerprint density at radius 1 is 1.45 bits per heavy atom. The zero-order chi connectivity index (χ0) is 14.5. The van der Waals surface area contributed by atoms with Crippen molar-refractivity contribution in [1.29, 1.82) is 0 Å². The van der Waals surface area contributed by atoms with Crippen molar-refractivity contribution in [2.75, 3.05) is 0 Å². The summed E-state index contributed by atoms with van der Waals surface area (Å²) in [6.45, 7) is 4.18. The highest BCUT2D eigenvalue weighted by atomic mass is 19.1. The molecular formula is C13H15FN4O2. The van der Waals surface area contributed by atoms with Gasteiger partial charge in [-0.2, -0.15) is 0 Å². The molecule has 20 heavy (non-hydrogen) atoms. The summed E-state index contributed by atoms with van der Waals surface area (Å²) in [6, 6.07) is 4.14. The molecule has 0 aliphatic heterocycles. The first-order valence-corrected chi connectivity index (χ1v) is 6.30. The first kappa shape index (κ1) is 14.1. The molecule has 7 heteroatoms. The second-order valence-electron chi connectivity index (χ2n) is 4.30. The summed E-state index contributed by atoms with van der Waals surface area (Å²) in [4.78, 5) is 11.1. The number of aryl methyl sites for hydroxylation is 1. The first-order chi connectivity index (χ1) is 9.61. The van der Waals surface area contributed by atoms with Crippen molar-refractivity contribution in [2.24, 2.45) is 0 Å². The minimum Gasteiger partial charge on any atom is -0.485 e. The molecule has 0 atom stereocenters. The molecule has 0 radical (unpaired) electrons. The first-order valence-electron chi connectivity index (χ1n) is 6.30. The number of halogens is 1. The van der Waals surface area contributed by atoms with Crippen molar-refractivity contribution in [1.82, 2.24) is 20.2 Å². The number of aromatic nitrogens is 4. The Morgan fingerprint density at radius 2 is 2.25 bits per heavy atom. The highest BCUT2D eigenvalue weighted by molar-refractivity contribution is 5.94. The lowest BCUT2D eigenvalue weighted by Crippen LogP contribution is -2.08. The molecule has 1 aromatic carbocycles. The molecular weight excluding hydrogens is 263 g/mol. The van der Waals surface area contributed by atoms with E-state index in [1.54, 1.807) is 10.7 Å². The molecule has 0 spiro atoms. The normalized spacial score (nSPS) is 10.6. The van der Waals surface area contributed by atoms with Crippen LogP contribution in [0.4, 0.5) is 4.39 Å². The third kappa shape index (κ3) is 3.17. The molecule has 2 aromatic rings. The van der Waals surface area contributed by atoms with Crippen LogP contribution in [-0.4, -0.2) is 26.0 Å². The largest absolute Gasteiger partial charge is 0.485 e. The van der Waals surface area contributed by atoms with Crippen LogP contribution in [0, 0.1) is 5.82 Å². The van der Waals surface area contributed by atoms with E-state index >= 15 is 0 Å². The SMILES string of the molecule is CCCn1nnnc1COc1ccc(C(C)=O)c(F)c1. The molecule has 0 unspecified atom stereocenters. The summed E-state index contributed by atoms with van der Waals surface area (Å²) in [5.74, 6) is -0.00876. The maximum atomic E-state index is 13.6. The summed E-state index contributed by atoms with van der Waals surface area (Å²) in [5.41, 5.74) is 0.0492. The van der Waals surface area contributed by atoms with Crippen LogP contribution in [0.5, 0.6) is 5.75 Å². The number of carbonyl (C=O) groups excluding carboxylic acids is 1. The van der Waals surface area contributed by atoms with Gasteiger partial charge in [-0.1, -0.05) is 6.92 Å². The van der Waals surface area contributed by atoms with E-state index in [1.165, 1.54) is 19.1 Å². The van der Waals surface area contributed by atoms with E-state index in [4.69, 9.17) is 4.74 Å². The molecule has 0 aliphatic rings. The van der Waals surface area contributed by atoms with Crippen LogP contribution in [0.25, 0.3) is 0 Å². The number of hydrogen-bond donors (Lipinski definition) is 0. The number of ether oxygens (including phenoxy) is 1. The zero-order valence-electron chi connectivity index (χ0n) is 11.3. The molecule has 1 aromatic heterocycles. The molecule has 2 rings (SSSR count). The van der Waals surface area contributed by atoms with E-state index in [-0.39, 0.29) is 18.0 Å². The predicted molar refractivity (Wildman–Crippen MR) is 68.8 cm³/mol. The summed E-state index contributed by atoms with van der Waals surface area (Å²) >= 11 is 0. The highest BCUT2D eigenvalue weighted by Crippen LogP contribution is 2.18. The van der Waals surface area contributed by atoms with Gasteiger partial charge in [0.05, 0.1) is 5.56 Å². The summed E-state index contributed by atoms with van der Waals surface area (Å²) < 4.78 is 20.7. The Bertz CT molecular complexity index is 612. The van der Waals surface area contributed by atoms with E-state index in [1.807, 2.05) is 6.92 Å². The summed E-state index contributed by atoms with van der Waals surface area (Å²) in [7, 11) is 0. The Kier molecular flexibility index (Phi) is 4.39. The zero-order valence-corrected chi connectivity index (χ0v) is 11.3. The Morgan fingerprint density at radius 3 is 2.90 bits per heavy atom. The van der Waals surface area contributed by atoms with Crippen molar-refractivity contribution in [2.45, 2.75) is 33.4 Å². The molecule has 106 valence electrons. The third-order valence-corrected chi connectivity index (χ3v) is 2.73. The van der Waals surface area contributed by atoms with Gasteiger partial charge in [0, 0.05) is 12.6 Å². The van der Waals surface area contributed by atoms with E-state index in [2.05, 4.69) is 15.5 Å². The lowest BCUT2D eigenvalue weighted by atomic mass is 10.1. The van der Waals surface area contributed by atoms with Gasteiger partial charge in [-0.3, -0.25) is 4.79 Å². The van der Waals surface area contributed by atoms with Crippen LogP contribution in [0.3, 0.4) is 0 Å². The van der Waals surface area contributed by atoms with E-state index < -0.39 is 5.82 Å². The second-order valence-corrected chi connectivity index (χ2v) is 4.30. The number of carbonyl (C=O) groups is 1. The fraction of sp³-hybridized carbons (Fsp3) is 0.385. The Balaban J connectivity index is 2.05. The van der Waals surface area contributed by atoms with Crippen LogP contribution < -0.4 is 4.74 Å². The van der Waals surface area contributed by atoms with Crippen LogP contribution in [0.2, 0.25) is 0 Å². The Hall–Kier alpha value is -2.31. The topological polar surface area (TPSA) is 69.9 Å². The minimum atomic E-state index is -0.594. The van der Waals surface area contributed by atoms with Crippen LogP contribution in [0.15, 0.2) is 18.2 Å². The van der Waals surface area contributed by atoms with Gasteiger partial charge < -0.3 is 4.74 Å². The molecule has 1 heterocycles. The number of benzene rings is 1. The molecule has 0 N–H and O–H groups in total. The van der Waals surface area contributed by atoms with Gasteiger partial charge in [-0.25, -0.2) is 9.07 Å². The van der Waals surface area contributed by atoms with E-state index in [0.29, 0.717) is 18.1 Å². The minimum absolute atomic E-state index is 0.0492. The average Bonchev–Trinajstić information content (AvgIpc) is 2.84. The third-order valence-electron chi connectivity index (χ3n) is 2.73. The van der Waals surface area contributed by atoms with Gasteiger partial charge >= 0.3 is 0 Å². The van der Waals surface area contributed by atoms with Gasteiger partial charge in [0.15, 0.2) is 11.6 Å². The maximum absolute atomic E-state index is 13.6. The Labute approximate surface area is 115 Å². The molecule has 0 saturated carbocycles. The van der Waals surface area contributed by atoms with E-state index in [9.17, 15) is 9.18 Å². The number of rotatable bonds is 6. The van der Waals surface area contributed by atoms with E-state index in [0.717, 1.165) is 6.42 Å². The monoisotopic (exact) mass is 278 g/mol. The van der Waals surface area contributed by atoms with Crippen molar-refractivity contribution in [3.05, 3.63) is 35.4 Å². The van der Waals surface area contributed by atoms with Crippen LogP contribution >= 0.6 is 0 Å². The summed E-state index contributed by atoms with van der Waals surface area (Å²) in [5, 5.41) is 11.2. The summed E-state index contributed by atoms with van der Waals surface area (Å²) in [6.07, 6.45) is 0.903. The molecule has 6 nitrogen and oxygen atoms in total. The van der Waals surface area contributed by atoms with Gasteiger partial charge in [-0.15, -0.1) is 5.10 Å². The van der Waals surface area contributed by atoms with Gasteiger partial charge in [0.2, 0.25) is 0 Å². The number of nitrogens with zero attached hydrogens (tertiary/aromatic N) is 4. The standard InChI is InChI=1S/C13H15FN4O2/c1-3-6-18-13(15-16-17-18)8-20-10-4-5-11(9(2)19)12(14)7-10/h4-5,7H,3,6,8H2,1-2H3. The molecule has 0 saturated heterocycles. The quantitative estimate of drug-likeness (QED) is 0.756. The second kappa shape index (κ2) is 6.23. The number of ketones is 1. The van der Waals surface area contributed by atoms with Crippen LogP contribution in [0.1, 0.15) is 36.5 Å². The lowest BCUT2D eigenvalue weighted by molar-refractivity contribution is 0.101. The molecule has 0 amide bonds. The predicted octanol–water partition coefficient (Wildman–Crippen LogP) is 2.00. The van der Waals surface area contributed by atoms with Crippen LogP contribution in [-0.2, 0) is 13.2 Å². The smallest absolute Gasteiger partial charge is 0.189 e. The highest BCUT2D eigenvalue weighted by Gasteiger charge is 2.10. The number of Topliss-reactive ketones (excluding diaryl/α,β-unsaturated/α-hetero) is 1. The number of tetrazole rings is 1. The maximum Gasteiger partial charge on any atom is 0.189 e. The fourth-order valence-electron chi connectivity index (χ4n) is 1.73. The number of hydrogen-bond acceptors (Lipinski definition) is 5. The van der Waals surface area contributed by atoms with Crippen molar-refractivity contribution < 1.29 is 13.9 Å². The van der Waals surface area contributed by atoms with Gasteiger partial charge in [0.25, 0.3) is 0 Å². The van der Waals surface area contributed by atoms with Crippen molar-refractivity contribution >= 4 is 5.78 Å². The fourth-order valence-corrected chi connectivity index (χ4v) is 1.73. The van der Waals surface area contributed by atoms with Crippen molar-refractivity contribution in [3.8, 4) is 5.75 Å². The lowest BCUT2D eigenvalue weighted by Gasteiger charge is -2.07. The average molecular weight is 278 g/mol. The molecule has 0 fully saturated rings. The molecule has 0 bridgehead atoms. The van der Waals surface area contributed by atoms with Gasteiger partial charge in [-0.05, 0) is 35.9 Å². The van der Waals surface area contributed by atoms with Crippen molar-refractivity contribution in [3.63, 3.8) is 0 Å².